The summed E-state index contributed by atoms with van der Waals surface area (Å²) in [5.74, 6) is -0.351. The normalized spacial score (nSPS) is 11.6. The van der Waals surface area contributed by atoms with E-state index >= 15 is 0 Å². The van der Waals surface area contributed by atoms with Gasteiger partial charge in [0.15, 0.2) is 0 Å². The van der Waals surface area contributed by atoms with Crippen molar-refractivity contribution in [3.05, 3.63) is 17.5 Å². The van der Waals surface area contributed by atoms with Gasteiger partial charge < -0.3 is 15.5 Å². The average molecular weight is 227 g/mol. The molecule has 0 saturated heterocycles. The lowest BCUT2D eigenvalue weighted by molar-refractivity contribution is 0.0723. The topological polar surface area (TPSA) is 87.4 Å². The molecule has 1 amide bonds. The van der Waals surface area contributed by atoms with Crippen LogP contribution >= 0.6 is 0 Å². The summed E-state index contributed by atoms with van der Waals surface area (Å²) in [6.07, 6.45) is 1.46. The predicted octanol–water partition coefficient (Wildman–Crippen LogP) is -0.798. The van der Waals surface area contributed by atoms with Crippen molar-refractivity contribution in [3.63, 3.8) is 0 Å². The van der Waals surface area contributed by atoms with E-state index in [-0.39, 0.29) is 19.1 Å². The zero-order valence-corrected chi connectivity index (χ0v) is 9.69. The van der Waals surface area contributed by atoms with E-state index in [0.717, 1.165) is 5.69 Å². The SMILES string of the molecule is Cc1c(C(=O)NC(C)(CO)CO)cnn1C. The van der Waals surface area contributed by atoms with Gasteiger partial charge in [-0.15, -0.1) is 0 Å². The Bertz CT molecular complexity index is 383. The van der Waals surface area contributed by atoms with Gasteiger partial charge in [-0.3, -0.25) is 9.48 Å². The first kappa shape index (κ1) is 12.7. The third-order valence-corrected chi connectivity index (χ3v) is 2.59. The second kappa shape index (κ2) is 4.63. The molecular formula is C10H17N3O3. The fourth-order valence-corrected chi connectivity index (χ4v) is 1.19. The number of hydrogen-bond acceptors (Lipinski definition) is 4. The third-order valence-electron chi connectivity index (χ3n) is 2.59. The molecule has 0 unspecified atom stereocenters. The van der Waals surface area contributed by atoms with Crippen LogP contribution in [0.5, 0.6) is 0 Å². The van der Waals surface area contributed by atoms with E-state index in [1.165, 1.54) is 6.20 Å². The van der Waals surface area contributed by atoms with Crippen molar-refractivity contribution in [3.8, 4) is 0 Å². The molecule has 0 bridgehead atoms. The Morgan fingerprint density at radius 1 is 1.56 bits per heavy atom. The van der Waals surface area contributed by atoms with E-state index < -0.39 is 5.54 Å². The quantitative estimate of drug-likeness (QED) is 0.628. The highest BCUT2D eigenvalue weighted by atomic mass is 16.3. The molecule has 0 spiro atoms. The lowest BCUT2D eigenvalue weighted by Gasteiger charge is -2.25. The Balaban J connectivity index is 2.84. The Morgan fingerprint density at radius 2 is 2.12 bits per heavy atom. The number of aryl methyl sites for hydroxylation is 1. The summed E-state index contributed by atoms with van der Waals surface area (Å²) in [7, 11) is 1.74. The minimum atomic E-state index is -1.01. The first-order chi connectivity index (χ1) is 7.43. The lowest BCUT2D eigenvalue weighted by Crippen LogP contribution is -2.51. The number of aromatic nitrogens is 2. The van der Waals surface area contributed by atoms with Gasteiger partial charge in [-0.05, 0) is 13.8 Å². The molecule has 90 valence electrons. The van der Waals surface area contributed by atoms with Crippen molar-refractivity contribution < 1.29 is 15.0 Å². The molecule has 6 nitrogen and oxygen atoms in total. The Kier molecular flexibility index (Phi) is 3.66. The summed E-state index contributed by atoms with van der Waals surface area (Å²) < 4.78 is 1.59. The highest BCUT2D eigenvalue weighted by Crippen LogP contribution is 2.08. The van der Waals surface area contributed by atoms with Crippen LogP contribution in [0.3, 0.4) is 0 Å². The van der Waals surface area contributed by atoms with Crippen LogP contribution in [-0.2, 0) is 7.05 Å². The van der Waals surface area contributed by atoms with Crippen LogP contribution in [0.25, 0.3) is 0 Å². The first-order valence-electron chi connectivity index (χ1n) is 4.96. The van der Waals surface area contributed by atoms with Crippen molar-refractivity contribution in [2.45, 2.75) is 19.4 Å². The molecule has 1 aromatic heterocycles. The van der Waals surface area contributed by atoms with Crippen molar-refractivity contribution in [1.82, 2.24) is 15.1 Å². The Morgan fingerprint density at radius 3 is 2.50 bits per heavy atom. The number of carbonyl (C=O) groups excluding carboxylic acids is 1. The lowest BCUT2D eigenvalue weighted by atomic mass is 10.0. The van der Waals surface area contributed by atoms with Gasteiger partial charge in [-0.2, -0.15) is 5.10 Å². The molecule has 0 radical (unpaired) electrons. The highest BCUT2D eigenvalue weighted by Gasteiger charge is 2.26. The zero-order valence-electron chi connectivity index (χ0n) is 9.69. The van der Waals surface area contributed by atoms with E-state index in [1.807, 2.05) is 0 Å². The smallest absolute Gasteiger partial charge is 0.255 e. The maximum absolute atomic E-state index is 11.8. The van der Waals surface area contributed by atoms with Gasteiger partial charge in [0.1, 0.15) is 0 Å². The number of carbonyl (C=O) groups is 1. The summed E-state index contributed by atoms with van der Waals surface area (Å²) in [5, 5.41) is 24.6. The van der Waals surface area contributed by atoms with E-state index in [4.69, 9.17) is 10.2 Å². The van der Waals surface area contributed by atoms with Crippen molar-refractivity contribution in [2.75, 3.05) is 13.2 Å². The maximum Gasteiger partial charge on any atom is 0.255 e. The molecule has 0 aromatic carbocycles. The molecule has 0 aliphatic carbocycles. The van der Waals surface area contributed by atoms with Crippen LogP contribution in [0.2, 0.25) is 0 Å². The minimum Gasteiger partial charge on any atom is -0.394 e. The van der Waals surface area contributed by atoms with E-state index in [9.17, 15) is 4.79 Å². The number of amides is 1. The molecule has 1 heterocycles. The molecule has 0 aliphatic heterocycles. The van der Waals surface area contributed by atoms with Gasteiger partial charge in [0.05, 0.1) is 30.5 Å². The van der Waals surface area contributed by atoms with Crippen molar-refractivity contribution in [1.29, 1.82) is 0 Å². The molecule has 0 saturated carbocycles. The number of aliphatic hydroxyl groups excluding tert-OH is 2. The first-order valence-corrected chi connectivity index (χ1v) is 4.96. The van der Waals surface area contributed by atoms with Gasteiger partial charge >= 0.3 is 0 Å². The van der Waals surface area contributed by atoms with Crippen LogP contribution < -0.4 is 5.32 Å². The summed E-state index contributed by atoms with van der Waals surface area (Å²) in [4.78, 5) is 11.8. The summed E-state index contributed by atoms with van der Waals surface area (Å²) in [6.45, 7) is 2.69. The van der Waals surface area contributed by atoms with Crippen LogP contribution in [0.4, 0.5) is 0 Å². The van der Waals surface area contributed by atoms with E-state index in [0.29, 0.717) is 5.56 Å². The van der Waals surface area contributed by atoms with Gasteiger partial charge in [-0.1, -0.05) is 0 Å². The maximum atomic E-state index is 11.8. The molecule has 6 heteroatoms. The second-order valence-electron chi connectivity index (χ2n) is 4.10. The van der Waals surface area contributed by atoms with Gasteiger partial charge in [-0.25, -0.2) is 0 Å². The predicted molar refractivity (Wildman–Crippen MR) is 58.0 cm³/mol. The number of aliphatic hydroxyl groups is 2. The fourth-order valence-electron chi connectivity index (χ4n) is 1.19. The average Bonchev–Trinajstić information content (AvgIpc) is 2.59. The van der Waals surface area contributed by atoms with Crippen LogP contribution in [0, 0.1) is 6.92 Å². The summed E-state index contributed by atoms with van der Waals surface area (Å²) >= 11 is 0. The molecule has 0 aliphatic rings. The van der Waals surface area contributed by atoms with Crippen LogP contribution in [-0.4, -0.2) is 44.7 Å². The number of nitrogens with zero attached hydrogens (tertiary/aromatic N) is 2. The van der Waals surface area contributed by atoms with E-state index in [1.54, 1.807) is 25.6 Å². The molecule has 16 heavy (non-hydrogen) atoms. The monoisotopic (exact) mass is 227 g/mol. The molecular weight excluding hydrogens is 210 g/mol. The molecule has 0 atom stereocenters. The van der Waals surface area contributed by atoms with Crippen molar-refractivity contribution in [2.24, 2.45) is 7.05 Å². The Hall–Kier alpha value is -1.40. The number of nitrogens with one attached hydrogen (secondary N) is 1. The Labute approximate surface area is 93.9 Å². The van der Waals surface area contributed by atoms with E-state index in [2.05, 4.69) is 10.4 Å². The van der Waals surface area contributed by atoms with Crippen LogP contribution in [0.15, 0.2) is 6.20 Å². The molecule has 0 fully saturated rings. The van der Waals surface area contributed by atoms with Gasteiger partial charge in [0.2, 0.25) is 0 Å². The standard InChI is InChI=1S/C10H17N3O3/c1-7-8(4-11-13(7)3)9(16)12-10(2,5-14)6-15/h4,14-15H,5-6H2,1-3H3,(H,12,16). The summed E-state index contributed by atoms with van der Waals surface area (Å²) in [5.41, 5.74) is 0.158. The number of hydrogen-bond donors (Lipinski definition) is 3. The molecule has 1 aromatic rings. The molecule has 3 N–H and O–H groups in total. The van der Waals surface area contributed by atoms with Gasteiger partial charge in [0, 0.05) is 12.7 Å². The highest BCUT2D eigenvalue weighted by molar-refractivity contribution is 5.95. The summed E-state index contributed by atoms with van der Waals surface area (Å²) in [6, 6.07) is 0. The third kappa shape index (κ3) is 2.40. The second-order valence-corrected chi connectivity index (χ2v) is 4.10. The largest absolute Gasteiger partial charge is 0.394 e. The van der Waals surface area contributed by atoms with Gasteiger partial charge in [0.25, 0.3) is 5.91 Å². The van der Waals surface area contributed by atoms with Crippen LogP contribution in [0.1, 0.15) is 23.0 Å². The minimum absolute atomic E-state index is 0.325. The molecule has 1 rings (SSSR count). The number of rotatable bonds is 4. The van der Waals surface area contributed by atoms with Crippen molar-refractivity contribution >= 4 is 5.91 Å². The zero-order chi connectivity index (χ0) is 12.3. The fraction of sp³-hybridized carbons (Fsp3) is 0.600.